The maximum absolute atomic E-state index is 10.7. The number of H-pyrrole nitrogens is 1. The first-order chi connectivity index (χ1) is 10.0. The highest BCUT2D eigenvalue weighted by molar-refractivity contribution is 5.83. The van der Waals surface area contributed by atoms with Gasteiger partial charge in [-0.25, -0.2) is 9.78 Å². The van der Waals surface area contributed by atoms with Crippen LogP contribution in [0.1, 0.15) is 32.0 Å². The van der Waals surface area contributed by atoms with Crippen LogP contribution in [-0.2, 0) is 0 Å². The molecule has 0 saturated carbocycles. The SMILES string of the molecule is CC(C)N1CCC(c2nc3c(OC(=O)O)cccc3[nH]2)C1. The summed E-state index contributed by atoms with van der Waals surface area (Å²) in [6.07, 6.45) is -0.258. The molecule has 6 nitrogen and oxygen atoms in total. The molecule has 2 N–H and O–H groups in total. The van der Waals surface area contributed by atoms with Crippen molar-refractivity contribution in [3.63, 3.8) is 0 Å². The Labute approximate surface area is 122 Å². The highest BCUT2D eigenvalue weighted by Crippen LogP contribution is 2.30. The van der Waals surface area contributed by atoms with Crippen LogP contribution < -0.4 is 4.74 Å². The van der Waals surface area contributed by atoms with Crippen LogP contribution >= 0.6 is 0 Å². The van der Waals surface area contributed by atoms with Crippen molar-refractivity contribution in [1.29, 1.82) is 0 Å². The van der Waals surface area contributed by atoms with Gasteiger partial charge >= 0.3 is 6.16 Å². The maximum Gasteiger partial charge on any atom is 0.511 e. The van der Waals surface area contributed by atoms with E-state index in [0.717, 1.165) is 30.9 Å². The molecular formula is C15H19N3O3. The summed E-state index contributed by atoms with van der Waals surface area (Å²) in [7, 11) is 0. The molecule has 0 spiro atoms. The van der Waals surface area contributed by atoms with E-state index in [1.807, 2.05) is 6.07 Å². The van der Waals surface area contributed by atoms with E-state index >= 15 is 0 Å². The van der Waals surface area contributed by atoms with Crippen LogP contribution in [-0.4, -0.2) is 45.3 Å². The minimum atomic E-state index is -1.32. The van der Waals surface area contributed by atoms with Gasteiger partial charge in [0.25, 0.3) is 0 Å². The number of carboxylic acid groups (broad SMARTS) is 1. The van der Waals surface area contributed by atoms with Gasteiger partial charge in [0.15, 0.2) is 5.75 Å². The summed E-state index contributed by atoms with van der Waals surface area (Å²) in [5, 5.41) is 8.77. The number of aromatic nitrogens is 2. The van der Waals surface area contributed by atoms with Gasteiger partial charge < -0.3 is 19.7 Å². The largest absolute Gasteiger partial charge is 0.511 e. The molecule has 1 aromatic carbocycles. The molecule has 1 unspecified atom stereocenters. The fourth-order valence-electron chi connectivity index (χ4n) is 2.87. The van der Waals surface area contributed by atoms with Gasteiger partial charge in [0.1, 0.15) is 11.3 Å². The Hall–Kier alpha value is -2.08. The summed E-state index contributed by atoms with van der Waals surface area (Å²) >= 11 is 0. The van der Waals surface area contributed by atoms with Gasteiger partial charge in [-0.2, -0.15) is 0 Å². The molecule has 112 valence electrons. The molecule has 1 aromatic heterocycles. The average molecular weight is 289 g/mol. The molecular weight excluding hydrogens is 270 g/mol. The fraction of sp³-hybridized carbons (Fsp3) is 0.467. The number of para-hydroxylation sites is 1. The molecule has 0 amide bonds. The number of aromatic amines is 1. The van der Waals surface area contributed by atoms with Crippen LogP contribution in [0.4, 0.5) is 4.79 Å². The van der Waals surface area contributed by atoms with E-state index in [0.29, 0.717) is 17.5 Å². The average Bonchev–Trinajstić information content (AvgIpc) is 3.05. The van der Waals surface area contributed by atoms with Crippen molar-refractivity contribution >= 4 is 17.2 Å². The van der Waals surface area contributed by atoms with Gasteiger partial charge in [0.2, 0.25) is 0 Å². The number of benzene rings is 1. The first-order valence-corrected chi connectivity index (χ1v) is 7.18. The number of rotatable bonds is 3. The Balaban J connectivity index is 1.89. The summed E-state index contributed by atoms with van der Waals surface area (Å²) in [5.41, 5.74) is 1.39. The van der Waals surface area contributed by atoms with Gasteiger partial charge in [-0.15, -0.1) is 0 Å². The van der Waals surface area contributed by atoms with Gasteiger partial charge in [-0.3, -0.25) is 0 Å². The smallest absolute Gasteiger partial charge is 0.449 e. The Morgan fingerprint density at radius 3 is 3.00 bits per heavy atom. The summed E-state index contributed by atoms with van der Waals surface area (Å²) in [5.74, 6) is 1.55. The number of hydrogen-bond donors (Lipinski definition) is 2. The van der Waals surface area contributed by atoms with E-state index in [1.54, 1.807) is 12.1 Å². The molecule has 0 aliphatic carbocycles. The zero-order valence-electron chi connectivity index (χ0n) is 12.2. The molecule has 1 atom stereocenters. The number of carbonyl (C=O) groups is 1. The lowest BCUT2D eigenvalue weighted by Gasteiger charge is -2.19. The Morgan fingerprint density at radius 1 is 1.52 bits per heavy atom. The normalized spacial score (nSPS) is 19.5. The molecule has 1 aliphatic rings. The second-order valence-corrected chi connectivity index (χ2v) is 5.72. The number of imidazole rings is 1. The molecule has 1 aliphatic heterocycles. The lowest BCUT2D eigenvalue weighted by atomic mass is 10.1. The number of nitrogens with zero attached hydrogens (tertiary/aromatic N) is 2. The third-order valence-corrected chi connectivity index (χ3v) is 4.03. The van der Waals surface area contributed by atoms with E-state index in [9.17, 15) is 4.79 Å². The number of fused-ring (bicyclic) bond motifs is 1. The van der Waals surface area contributed by atoms with E-state index in [4.69, 9.17) is 9.84 Å². The van der Waals surface area contributed by atoms with Gasteiger partial charge in [0, 0.05) is 18.5 Å². The highest BCUT2D eigenvalue weighted by atomic mass is 16.7. The van der Waals surface area contributed by atoms with Crippen molar-refractivity contribution in [3.05, 3.63) is 24.0 Å². The third kappa shape index (κ3) is 2.71. The molecule has 3 rings (SSSR count). The minimum absolute atomic E-state index is 0.279. The van der Waals surface area contributed by atoms with E-state index in [1.165, 1.54) is 0 Å². The van der Waals surface area contributed by atoms with E-state index in [2.05, 4.69) is 28.7 Å². The summed E-state index contributed by atoms with van der Waals surface area (Å²) in [6.45, 7) is 6.43. The lowest BCUT2D eigenvalue weighted by molar-refractivity contribution is 0.145. The van der Waals surface area contributed by atoms with Crippen molar-refractivity contribution in [3.8, 4) is 5.75 Å². The molecule has 6 heteroatoms. The van der Waals surface area contributed by atoms with Gasteiger partial charge in [-0.1, -0.05) is 6.07 Å². The second-order valence-electron chi connectivity index (χ2n) is 5.72. The topological polar surface area (TPSA) is 78.5 Å². The van der Waals surface area contributed by atoms with Gasteiger partial charge in [-0.05, 0) is 38.9 Å². The molecule has 0 radical (unpaired) electrons. The predicted octanol–water partition coefficient (Wildman–Crippen LogP) is 2.82. The quantitative estimate of drug-likeness (QED) is 0.671. The molecule has 21 heavy (non-hydrogen) atoms. The summed E-state index contributed by atoms with van der Waals surface area (Å²) < 4.78 is 4.79. The third-order valence-electron chi connectivity index (χ3n) is 4.03. The van der Waals surface area contributed by atoms with Crippen molar-refractivity contribution in [1.82, 2.24) is 14.9 Å². The van der Waals surface area contributed by atoms with Crippen molar-refractivity contribution < 1.29 is 14.6 Å². The van der Waals surface area contributed by atoms with E-state index in [-0.39, 0.29) is 5.75 Å². The van der Waals surface area contributed by atoms with Gasteiger partial charge in [0.05, 0.1) is 5.52 Å². The first-order valence-electron chi connectivity index (χ1n) is 7.18. The fourth-order valence-corrected chi connectivity index (χ4v) is 2.87. The molecule has 2 heterocycles. The second kappa shape index (κ2) is 5.37. The Kier molecular flexibility index (Phi) is 3.55. The molecule has 0 bridgehead atoms. The van der Waals surface area contributed by atoms with Crippen LogP contribution in [0.3, 0.4) is 0 Å². The van der Waals surface area contributed by atoms with Crippen LogP contribution in [0.15, 0.2) is 18.2 Å². The van der Waals surface area contributed by atoms with Crippen LogP contribution in [0, 0.1) is 0 Å². The Morgan fingerprint density at radius 2 is 2.33 bits per heavy atom. The summed E-state index contributed by atoms with van der Waals surface area (Å²) in [4.78, 5) is 21.0. The van der Waals surface area contributed by atoms with Crippen LogP contribution in [0.25, 0.3) is 11.0 Å². The molecule has 2 aromatic rings. The number of ether oxygens (including phenoxy) is 1. The number of hydrogen-bond acceptors (Lipinski definition) is 4. The van der Waals surface area contributed by atoms with Crippen molar-refractivity contribution in [2.75, 3.05) is 13.1 Å². The number of nitrogens with one attached hydrogen (secondary N) is 1. The maximum atomic E-state index is 10.7. The predicted molar refractivity (Wildman–Crippen MR) is 78.8 cm³/mol. The molecule has 1 fully saturated rings. The zero-order valence-corrected chi connectivity index (χ0v) is 12.2. The van der Waals surface area contributed by atoms with Crippen LogP contribution in [0.5, 0.6) is 5.75 Å². The molecule has 1 saturated heterocycles. The van der Waals surface area contributed by atoms with Crippen molar-refractivity contribution in [2.24, 2.45) is 0 Å². The standard InChI is InChI=1S/C15H19N3O3/c1-9(2)18-7-6-10(8-18)14-16-11-4-3-5-12(13(11)17-14)21-15(19)20/h3-5,9-10H,6-8H2,1-2H3,(H,16,17)(H,19,20). The van der Waals surface area contributed by atoms with Crippen LogP contribution in [0.2, 0.25) is 0 Å². The summed E-state index contributed by atoms with van der Waals surface area (Å²) in [6, 6.07) is 5.80. The highest BCUT2D eigenvalue weighted by Gasteiger charge is 2.28. The minimum Gasteiger partial charge on any atom is -0.449 e. The van der Waals surface area contributed by atoms with E-state index < -0.39 is 6.16 Å². The zero-order chi connectivity index (χ0) is 15.0. The Bertz CT molecular complexity index is 665. The lowest BCUT2D eigenvalue weighted by Crippen LogP contribution is -2.28. The monoisotopic (exact) mass is 289 g/mol. The van der Waals surface area contributed by atoms with Crippen molar-refractivity contribution in [2.45, 2.75) is 32.2 Å². The first kappa shape index (κ1) is 13.9. The number of likely N-dealkylation sites (tertiary alicyclic amines) is 1.